The highest BCUT2D eigenvalue weighted by Gasteiger charge is 2.34. The molecule has 4 nitrogen and oxygen atoms in total. The number of likely N-dealkylation sites (N-methyl/N-ethyl adjacent to an activating group) is 1. The fourth-order valence-corrected chi connectivity index (χ4v) is 2.89. The highest BCUT2D eigenvalue weighted by atomic mass is 19.1. The van der Waals surface area contributed by atoms with E-state index >= 15 is 0 Å². The van der Waals surface area contributed by atoms with Crippen LogP contribution in [0, 0.1) is 5.82 Å². The van der Waals surface area contributed by atoms with Crippen LogP contribution in [0.4, 0.5) is 10.1 Å². The van der Waals surface area contributed by atoms with Crippen LogP contribution in [0.1, 0.15) is 25.8 Å². The summed E-state index contributed by atoms with van der Waals surface area (Å²) < 4.78 is 18.3. The fourth-order valence-electron chi connectivity index (χ4n) is 2.89. The Hall–Kier alpha value is -1.62. The van der Waals surface area contributed by atoms with Gasteiger partial charge in [0.25, 0.3) is 0 Å². The lowest BCUT2D eigenvalue weighted by Gasteiger charge is -2.30. The number of esters is 1. The number of hydrogen-bond donors (Lipinski definition) is 1. The van der Waals surface area contributed by atoms with Crippen molar-refractivity contribution in [3.63, 3.8) is 0 Å². The minimum absolute atomic E-state index is 0.219. The number of halogens is 1. The standard InChI is InChI=1S/C16H23FN2O2/c1-4-18-16(2,15(20)21-3)8-10-19-9-7-12-5-6-13(17)11-14(12)19/h5-6,11,18H,4,7-10H2,1-3H3. The van der Waals surface area contributed by atoms with Crippen LogP contribution in [0.2, 0.25) is 0 Å². The lowest BCUT2D eigenvalue weighted by Crippen LogP contribution is -2.51. The molecular formula is C16H23FN2O2. The molecule has 1 atom stereocenters. The number of benzene rings is 1. The highest BCUT2D eigenvalue weighted by Crippen LogP contribution is 2.29. The zero-order chi connectivity index (χ0) is 15.5. The number of carbonyl (C=O) groups excluding carboxylic acids is 1. The topological polar surface area (TPSA) is 41.6 Å². The van der Waals surface area contributed by atoms with Crippen LogP contribution in [0.3, 0.4) is 0 Å². The second kappa shape index (κ2) is 6.43. The van der Waals surface area contributed by atoms with Crippen LogP contribution in [-0.4, -0.2) is 38.3 Å². The molecule has 1 aromatic rings. The minimum Gasteiger partial charge on any atom is -0.468 e. The summed E-state index contributed by atoms with van der Waals surface area (Å²) in [6.45, 7) is 6.06. The van der Waals surface area contributed by atoms with Crippen molar-refractivity contribution in [3.05, 3.63) is 29.6 Å². The first-order valence-electron chi connectivity index (χ1n) is 7.37. The zero-order valence-electron chi connectivity index (χ0n) is 12.9. The Morgan fingerprint density at radius 1 is 1.52 bits per heavy atom. The molecule has 0 radical (unpaired) electrons. The molecule has 0 bridgehead atoms. The average molecular weight is 294 g/mol. The van der Waals surface area contributed by atoms with Gasteiger partial charge in [0.05, 0.1) is 7.11 Å². The number of ether oxygens (including phenoxy) is 1. The van der Waals surface area contributed by atoms with Gasteiger partial charge in [-0.2, -0.15) is 0 Å². The van der Waals surface area contributed by atoms with Crippen molar-refractivity contribution in [1.29, 1.82) is 0 Å². The summed E-state index contributed by atoms with van der Waals surface area (Å²) in [5.74, 6) is -0.480. The number of rotatable bonds is 6. The molecule has 1 unspecified atom stereocenters. The lowest BCUT2D eigenvalue weighted by molar-refractivity contribution is -0.148. The van der Waals surface area contributed by atoms with Gasteiger partial charge in [0.1, 0.15) is 11.4 Å². The van der Waals surface area contributed by atoms with Crippen LogP contribution in [0.25, 0.3) is 0 Å². The van der Waals surface area contributed by atoms with E-state index in [0.717, 1.165) is 18.7 Å². The molecule has 0 aliphatic carbocycles. The van der Waals surface area contributed by atoms with Crippen LogP contribution in [0.5, 0.6) is 0 Å². The number of nitrogens with zero attached hydrogens (tertiary/aromatic N) is 1. The van der Waals surface area contributed by atoms with Gasteiger partial charge in [0.2, 0.25) is 0 Å². The molecule has 0 fully saturated rings. The Balaban J connectivity index is 2.06. The molecule has 1 aliphatic heterocycles. The van der Waals surface area contributed by atoms with E-state index in [1.165, 1.54) is 18.7 Å². The molecule has 0 spiro atoms. The summed E-state index contributed by atoms with van der Waals surface area (Å²) in [6, 6.07) is 4.92. The molecule has 0 saturated carbocycles. The normalized spacial score (nSPS) is 16.5. The molecule has 1 N–H and O–H groups in total. The van der Waals surface area contributed by atoms with Gasteiger partial charge < -0.3 is 15.0 Å². The predicted molar refractivity (Wildman–Crippen MR) is 81.0 cm³/mol. The Morgan fingerprint density at radius 3 is 2.95 bits per heavy atom. The fraction of sp³-hybridized carbons (Fsp3) is 0.562. The van der Waals surface area contributed by atoms with Gasteiger partial charge in [-0.3, -0.25) is 4.79 Å². The number of carbonyl (C=O) groups is 1. The van der Waals surface area contributed by atoms with Gasteiger partial charge >= 0.3 is 5.97 Å². The SMILES string of the molecule is CCNC(C)(CCN1CCc2ccc(F)cc21)C(=O)OC. The van der Waals surface area contributed by atoms with E-state index in [0.29, 0.717) is 19.5 Å². The quantitative estimate of drug-likeness (QED) is 0.816. The van der Waals surface area contributed by atoms with E-state index < -0.39 is 5.54 Å². The van der Waals surface area contributed by atoms with Gasteiger partial charge in [-0.1, -0.05) is 13.0 Å². The molecule has 5 heteroatoms. The van der Waals surface area contributed by atoms with Crippen LogP contribution in [-0.2, 0) is 16.0 Å². The maximum atomic E-state index is 13.4. The van der Waals surface area contributed by atoms with Gasteiger partial charge in [-0.25, -0.2) is 4.39 Å². The van der Waals surface area contributed by atoms with Gasteiger partial charge in [-0.15, -0.1) is 0 Å². The molecule has 116 valence electrons. The number of anilines is 1. The van der Waals surface area contributed by atoms with Gasteiger partial charge in [-0.05, 0) is 44.0 Å². The maximum absolute atomic E-state index is 13.4. The lowest BCUT2D eigenvalue weighted by atomic mass is 9.97. The first kappa shape index (κ1) is 15.8. The molecule has 0 amide bonds. The average Bonchev–Trinajstić information content (AvgIpc) is 2.87. The van der Waals surface area contributed by atoms with Crippen LogP contribution >= 0.6 is 0 Å². The molecule has 1 aromatic carbocycles. The first-order valence-corrected chi connectivity index (χ1v) is 7.37. The number of methoxy groups -OCH3 is 1. The Kier molecular flexibility index (Phi) is 4.83. The van der Waals surface area contributed by atoms with Crippen molar-refractivity contribution in [3.8, 4) is 0 Å². The molecule has 21 heavy (non-hydrogen) atoms. The summed E-state index contributed by atoms with van der Waals surface area (Å²) in [4.78, 5) is 14.1. The van der Waals surface area contributed by atoms with Crippen LogP contribution in [0.15, 0.2) is 18.2 Å². The second-order valence-corrected chi connectivity index (χ2v) is 5.61. The summed E-state index contributed by atoms with van der Waals surface area (Å²) in [6.07, 6.45) is 1.54. The summed E-state index contributed by atoms with van der Waals surface area (Å²) in [5.41, 5.74) is 1.40. The molecule has 0 aromatic heterocycles. The first-order chi connectivity index (χ1) is 10.00. The Labute approximate surface area is 125 Å². The predicted octanol–water partition coefficient (Wildman–Crippen LogP) is 2.12. The Bertz CT molecular complexity index is 521. The molecule has 1 aliphatic rings. The monoisotopic (exact) mass is 294 g/mol. The summed E-state index contributed by atoms with van der Waals surface area (Å²) in [5, 5.41) is 3.19. The van der Waals surface area contributed by atoms with E-state index in [2.05, 4.69) is 10.2 Å². The molecule has 1 heterocycles. The van der Waals surface area contributed by atoms with Crippen molar-refractivity contribution in [1.82, 2.24) is 5.32 Å². The molecule has 0 saturated heterocycles. The number of nitrogens with one attached hydrogen (secondary N) is 1. The van der Waals surface area contributed by atoms with E-state index in [1.807, 2.05) is 19.9 Å². The minimum atomic E-state index is -0.709. The van der Waals surface area contributed by atoms with E-state index in [4.69, 9.17) is 4.74 Å². The third kappa shape index (κ3) is 3.35. The third-order valence-electron chi connectivity index (χ3n) is 4.12. The van der Waals surface area contributed by atoms with Crippen molar-refractivity contribution < 1.29 is 13.9 Å². The summed E-state index contributed by atoms with van der Waals surface area (Å²) in [7, 11) is 1.40. The van der Waals surface area contributed by atoms with Crippen molar-refractivity contribution >= 4 is 11.7 Å². The van der Waals surface area contributed by atoms with E-state index in [1.54, 1.807) is 6.07 Å². The highest BCUT2D eigenvalue weighted by molar-refractivity contribution is 5.80. The second-order valence-electron chi connectivity index (χ2n) is 5.61. The molecule has 2 rings (SSSR count). The van der Waals surface area contributed by atoms with Crippen molar-refractivity contribution in [2.75, 3.05) is 31.6 Å². The number of fused-ring (bicyclic) bond motifs is 1. The van der Waals surface area contributed by atoms with Gasteiger partial charge in [0, 0.05) is 18.8 Å². The van der Waals surface area contributed by atoms with E-state index in [-0.39, 0.29) is 11.8 Å². The third-order valence-corrected chi connectivity index (χ3v) is 4.12. The van der Waals surface area contributed by atoms with Gasteiger partial charge in [0.15, 0.2) is 0 Å². The zero-order valence-corrected chi connectivity index (χ0v) is 12.9. The van der Waals surface area contributed by atoms with Crippen LogP contribution < -0.4 is 10.2 Å². The largest absolute Gasteiger partial charge is 0.468 e. The molecular weight excluding hydrogens is 271 g/mol. The number of hydrogen-bond acceptors (Lipinski definition) is 4. The Morgan fingerprint density at radius 2 is 2.29 bits per heavy atom. The maximum Gasteiger partial charge on any atom is 0.325 e. The van der Waals surface area contributed by atoms with E-state index in [9.17, 15) is 9.18 Å². The smallest absolute Gasteiger partial charge is 0.325 e. The van der Waals surface area contributed by atoms with Crippen molar-refractivity contribution in [2.45, 2.75) is 32.2 Å². The summed E-state index contributed by atoms with van der Waals surface area (Å²) >= 11 is 0. The van der Waals surface area contributed by atoms with Crippen molar-refractivity contribution in [2.24, 2.45) is 0 Å².